The van der Waals surface area contributed by atoms with Gasteiger partial charge in [-0.05, 0) is 12.0 Å². The van der Waals surface area contributed by atoms with Gasteiger partial charge in [-0.15, -0.1) is 0 Å². The summed E-state index contributed by atoms with van der Waals surface area (Å²) in [5.41, 5.74) is 9.67. The predicted molar refractivity (Wildman–Crippen MR) is 83.9 cm³/mol. The number of nitrogens with zero attached hydrogens (tertiary/aromatic N) is 2. The van der Waals surface area contributed by atoms with Gasteiger partial charge in [0, 0.05) is 25.3 Å². The SMILES string of the molecule is NC1CCN(NC(=O)Nc2ncc(-c3ccccc3)s2)C1. The first-order chi connectivity index (χ1) is 10.2. The van der Waals surface area contributed by atoms with E-state index >= 15 is 0 Å². The summed E-state index contributed by atoms with van der Waals surface area (Å²) in [5.74, 6) is 0. The lowest BCUT2D eigenvalue weighted by Crippen LogP contribution is -2.44. The van der Waals surface area contributed by atoms with Crippen LogP contribution in [-0.2, 0) is 0 Å². The van der Waals surface area contributed by atoms with Crippen LogP contribution in [0.4, 0.5) is 9.93 Å². The van der Waals surface area contributed by atoms with E-state index in [1.165, 1.54) is 11.3 Å². The third kappa shape index (κ3) is 3.57. The summed E-state index contributed by atoms with van der Waals surface area (Å²) >= 11 is 1.45. The number of rotatable bonds is 3. The summed E-state index contributed by atoms with van der Waals surface area (Å²) in [6.07, 6.45) is 2.66. The molecule has 1 aromatic carbocycles. The van der Waals surface area contributed by atoms with E-state index in [4.69, 9.17) is 5.73 Å². The van der Waals surface area contributed by atoms with Gasteiger partial charge >= 0.3 is 6.03 Å². The predicted octanol–water partition coefficient (Wildman–Crippen LogP) is 1.88. The lowest BCUT2D eigenvalue weighted by Gasteiger charge is -2.16. The monoisotopic (exact) mass is 303 g/mol. The number of anilines is 1. The first kappa shape index (κ1) is 14.0. The second kappa shape index (κ2) is 6.21. The van der Waals surface area contributed by atoms with Crippen LogP contribution in [0.3, 0.4) is 0 Å². The molecule has 7 heteroatoms. The molecule has 110 valence electrons. The van der Waals surface area contributed by atoms with Crippen molar-refractivity contribution in [3.8, 4) is 10.4 Å². The van der Waals surface area contributed by atoms with Crippen molar-refractivity contribution in [2.75, 3.05) is 18.4 Å². The van der Waals surface area contributed by atoms with Crippen molar-refractivity contribution < 1.29 is 4.79 Å². The number of nitrogens with two attached hydrogens (primary N) is 1. The lowest BCUT2D eigenvalue weighted by atomic mass is 10.2. The van der Waals surface area contributed by atoms with Crippen LogP contribution in [0.5, 0.6) is 0 Å². The summed E-state index contributed by atoms with van der Waals surface area (Å²) in [5, 5.41) is 5.15. The van der Waals surface area contributed by atoms with E-state index in [1.807, 2.05) is 35.3 Å². The Bertz CT molecular complexity index is 615. The van der Waals surface area contributed by atoms with E-state index in [9.17, 15) is 4.79 Å². The Labute approximate surface area is 126 Å². The summed E-state index contributed by atoms with van der Waals surface area (Å²) in [6, 6.07) is 9.81. The quantitative estimate of drug-likeness (QED) is 0.808. The summed E-state index contributed by atoms with van der Waals surface area (Å²) < 4.78 is 0. The molecular weight excluding hydrogens is 286 g/mol. The van der Waals surface area contributed by atoms with Gasteiger partial charge in [0.25, 0.3) is 0 Å². The third-order valence-corrected chi connectivity index (χ3v) is 4.23. The minimum absolute atomic E-state index is 0.134. The number of aromatic nitrogens is 1. The van der Waals surface area contributed by atoms with Gasteiger partial charge in [-0.25, -0.2) is 14.8 Å². The number of thiazole rings is 1. The van der Waals surface area contributed by atoms with Gasteiger partial charge in [0.15, 0.2) is 5.13 Å². The zero-order valence-corrected chi connectivity index (χ0v) is 12.3. The molecule has 0 saturated carbocycles. The molecule has 1 saturated heterocycles. The molecule has 1 unspecified atom stereocenters. The number of urea groups is 1. The normalized spacial score (nSPS) is 18.6. The average Bonchev–Trinajstić information content (AvgIpc) is 3.09. The third-order valence-electron chi connectivity index (χ3n) is 3.27. The van der Waals surface area contributed by atoms with Crippen molar-refractivity contribution in [2.24, 2.45) is 5.73 Å². The van der Waals surface area contributed by atoms with Gasteiger partial charge in [-0.2, -0.15) is 0 Å². The van der Waals surface area contributed by atoms with Crippen molar-refractivity contribution >= 4 is 22.5 Å². The Morgan fingerprint density at radius 3 is 2.90 bits per heavy atom. The van der Waals surface area contributed by atoms with Gasteiger partial charge in [-0.3, -0.25) is 10.7 Å². The molecule has 1 aliphatic heterocycles. The zero-order chi connectivity index (χ0) is 14.7. The molecule has 3 rings (SSSR count). The summed E-state index contributed by atoms with van der Waals surface area (Å²) in [4.78, 5) is 17.1. The average molecular weight is 303 g/mol. The molecule has 4 N–H and O–H groups in total. The van der Waals surface area contributed by atoms with Gasteiger partial charge in [0.1, 0.15) is 0 Å². The van der Waals surface area contributed by atoms with Crippen LogP contribution in [0, 0.1) is 0 Å². The second-order valence-electron chi connectivity index (χ2n) is 4.96. The van der Waals surface area contributed by atoms with Gasteiger partial charge in [-0.1, -0.05) is 41.7 Å². The van der Waals surface area contributed by atoms with Crippen LogP contribution in [-0.4, -0.2) is 35.2 Å². The standard InChI is InChI=1S/C14H17N5OS/c15-11-6-7-19(9-11)18-13(20)17-14-16-8-12(21-14)10-4-2-1-3-5-10/h1-5,8,11H,6-7,9,15H2,(H2,16,17,18,20). The number of carbonyl (C=O) groups excluding carboxylic acids is 1. The molecule has 0 bridgehead atoms. The maximum atomic E-state index is 11.9. The number of hydrazine groups is 1. The zero-order valence-electron chi connectivity index (χ0n) is 11.5. The number of carbonyl (C=O) groups is 1. The van der Waals surface area contributed by atoms with Crippen molar-refractivity contribution in [1.29, 1.82) is 0 Å². The highest BCUT2D eigenvalue weighted by Crippen LogP contribution is 2.28. The molecule has 0 aliphatic carbocycles. The van der Waals surface area contributed by atoms with Gasteiger partial charge in [0.2, 0.25) is 0 Å². The summed E-state index contributed by atoms with van der Waals surface area (Å²) in [7, 11) is 0. The Morgan fingerprint density at radius 2 is 2.19 bits per heavy atom. The van der Waals surface area contributed by atoms with E-state index in [0.29, 0.717) is 11.7 Å². The molecule has 2 amide bonds. The smallest absolute Gasteiger partial charge is 0.326 e. The fourth-order valence-electron chi connectivity index (χ4n) is 2.23. The molecular formula is C14H17N5OS. The van der Waals surface area contributed by atoms with Crippen molar-refractivity contribution in [2.45, 2.75) is 12.5 Å². The molecule has 2 heterocycles. The molecule has 1 atom stereocenters. The molecule has 0 radical (unpaired) electrons. The maximum Gasteiger partial charge on any atom is 0.335 e. The Balaban J connectivity index is 1.58. The first-order valence-corrected chi connectivity index (χ1v) is 7.62. The van der Waals surface area contributed by atoms with E-state index in [-0.39, 0.29) is 12.1 Å². The largest absolute Gasteiger partial charge is 0.335 e. The lowest BCUT2D eigenvalue weighted by molar-refractivity contribution is 0.208. The summed E-state index contributed by atoms with van der Waals surface area (Å²) in [6.45, 7) is 1.46. The molecule has 2 aromatic rings. The van der Waals surface area contributed by atoms with Crippen molar-refractivity contribution in [1.82, 2.24) is 15.4 Å². The van der Waals surface area contributed by atoms with Gasteiger partial charge in [0.05, 0.1) is 4.88 Å². The van der Waals surface area contributed by atoms with Crippen LogP contribution < -0.4 is 16.5 Å². The highest BCUT2D eigenvalue weighted by molar-refractivity contribution is 7.19. The first-order valence-electron chi connectivity index (χ1n) is 6.80. The van der Waals surface area contributed by atoms with Gasteiger partial charge < -0.3 is 5.73 Å². The number of benzene rings is 1. The van der Waals surface area contributed by atoms with Crippen molar-refractivity contribution in [3.63, 3.8) is 0 Å². The minimum Gasteiger partial charge on any atom is -0.326 e. The van der Waals surface area contributed by atoms with E-state index < -0.39 is 0 Å². The second-order valence-corrected chi connectivity index (χ2v) is 5.99. The molecule has 1 fully saturated rings. The van der Waals surface area contributed by atoms with Crippen LogP contribution in [0.1, 0.15) is 6.42 Å². The van der Waals surface area contributed by atoms with Crippen molar-refractivity contribution in [3.05, 3.63) is 36.5 Å². The van der Waals surface area contributed by atoms with E-state index in [1.54, 1.807) is 6.20 Å². The molecule has 6 nitrogen and oxygen atoms in total. The molecule has 1 aromatic heterocycles. The molecule has 0 spiro atoms. The Kier molecular flexibility index (Phi) is 4.14. The Morgan fingerprint density at radius 1 is 1.38 bits per heavy atom. The topological polar surface area (TPSA) is 83.3 Å². The van der Waals surface area contributed by atoms with Crippen LogP contribution >= 0.6 is 11.3 Å². The van der Waals surface area contributed by atoms with Crippen LogP contribution in [0.25, 0.3) is 10.4 Å². The number of hydrogen-bond acceptors (Lipinski definition) is 5. The molecule has 21 heavy (non-hydrogen) atoms. The Hall–Kier alpha value is -1.96. The fraction of sp³-hybridized carbons (Fsp3) is 0.286. The minimum atomic E-state index is -0.280. The van der Waals surface area contributed by atoms with E-state index in [2.05, 4.69) is 15.7 Å². The fourth-order valence-corrected chi connectivity index (χ4v) is 3.04. The maximum absolute atomic E-state index is 11.9. The molecule has 1 aliphatic rings. The van der Waals surface area contributed by atoms with E-state index in [0.717, 1.165) is 23.4 Å². The van der Waals surface area contributed by atoms with Crippen LogP contribution in [0.15, 0.2) is 36.5 Å². The number of amides is 2. The van der Waals surface area contributed by atoms with Crippen LogP contribution in [0.2, 0.25) is 0 Å². The number of nitrogens with one attached hydrogen (secondary N) is 2. The number of hydrogen-bond donors (Lipinski definition) is 3. The highest BCUT2D eigenvalue weighted by Gasteiger charge is 2.20. The highest BCUT2D eigenvalue weighted by atomic mass is 32.1.